The van der Waals surface area contributed by atoms with E-state index in [1.807, 2.05) is 0 Å². The molecule has 7 heteroatoms. The molecule has 17 heavy (non-hydrogen) atoms. The summed E-state index contributed by atoms with van der Waals surface area (Å²) in [5.41, 5.74) is 6.57. The van der Waals surface area contributed by atoms with Gasteiger partial charge in [0.1, 0.15) is 12.0 Å². The van der Waals surface area contributed by atoms with Crippen LogP contribution in [0.4, 0.5) is 17.2 Å². The average molecular weight is 252 g/mol. The van der Waals surface area contributed by atoms with Crippen molar-refractivity contribution in [1.82, 2.24) is 14.5 Å². The average Bonchev–Trinajstić information content (AvgIpc) is 2.30. The smallest absolute Gasteiger partial charge is 0.250 e. The molecule has 0 aromatic carbocycles. The van der Waals surface area contributed by atoms with Gasteiger partial charge < -0.3 is 15.6 Å². The SMILES string of the molecule is Cn1cc(Nc2ncnc(Cl)c2N)ccc1=O. The molecule has 3 N–H and O–H groups in total. The molecule has 0 spiro atoms. The van der Waals surface area contributed by atoms with Gasteiger partial charge in [-0.1, -0.05) is 11.6 Å². The zero-order chi connectivity index (χ0) is 12.4. The summed E-state index contributed by atoms with van der Waals surface area (Å²) in [6.45, 7) is 0. The lowest BCUT2D eigenvalue weighted by Gasteiger charge is -2.09. The lowest BCUT2D eigenvalue weighted by atomic mass is 10.4. The normalized spacial score (nSPS) is 10.2. The lowest BCUT2D eigenvalue weighted by molar-refractivity contribution is 0.862. The van der Waals surface area contributed by atoms with Gasteiger partial charge in [0, 0.05) is 19.3 Å². The summed E-state index contributed by atoms with van der Waals surface area (Å²) >= 11 is 5.77. The van der Waals surface area contributed by atoms with Gasteiger partial charge in [0.25, 0.3) is 0 Å². The highest BCUT2D eigenvalue weighted by molar-refractivity contribution is 6.32. The maximum atomic E-state index is 11.2. The standard InChI is InChI=1S/C10H10ClN5O/c1-16-4-6(2-3-7(16)17)15-10-8(12)9(11)13-5-14-10/h2-5H,12H2,1H3,(H,13,14,15). The van der Waals surface area contributed by atoms with Crippen LogP contribution >= 0.6 is 11.6 Å². The van der Waals surface area contributed by atoms with E-state index in [1.165, 1.54) is 17.0 Å². The summed E-state index contributed by atoms with van der Waals surface area (Å²) < 4.78 is 1.45. The van der Waals surface area contributed by atoms with Crippen molar-refractivity contribution in [2.45, 2.75) is 0 Å². The summed E-state index contributed by atoms with van der Waals surface area (Å²) in [6.07, 6.45) is 2.95. The first-order chi connectivity index (χ1) is 8.08. The highest BCUT2D eigenvalue weighted by Gasteiger charge is 2.06. The van der Waals surface area contributed by atoms with Crippen LogP contribution in [0.5, 0.6) is 0 Å². The zero-order valence-electron chi connectivity index (χ0n) is 9.01. The third-order valence-corrected chi connectivity index (χ3v) is 2.49. The van der Waals surface area contributed by atoms with Gasteiger partial charge in [-0.05, 0) is 6.07 Å². The number of nitrogens with two attached hydrogens (primary N) is 1. The topological polar surface area (TPSA) is 85.8 Å². The molecule has 0 aliphatic rings. The van der Waals surface area contributed by atoms with Crippen LogP contribution in [0.3, 0.4) is 0 Å². The van der Waals surface area contributed by atoms with Gasteiger partial charge >= 0.3 is 0 Å². The maximum absolute atomic E-state index is 11.2. The van der Waals surface area contributed by atoms with Crippen molar-refractivity contribution < 1.29 is 0 Å². The Morgan fingerprint density at radius 2 is 2.18 bits per heavy atom. The molecule has 6 nitrogen and oxygen atoms in total. The lowest BCUT2D eigenvalue weighted by Crippen LogP contribution is -2.14. The Kier molecular flexibility index (Phi) is 2.97. The van der Waals surface area contributed by atoms with Gasteiger partial charge in [0.2, 0.25) is 5.56 Å². The Morgan fingerprint density at radius 1 is 1.41 bits per heavy atom. The summed E-state index contributed by atoms with van der Waals surface area (Å²) in [7, 11) is 1.66. The minimum Gasteiger partial charge on any atom is -0.393 e. The third kappa shape index (κ3) is 2.36. The molecule has 0 atom stereocenters. The molecule has 0 aliphatic carbocycles. The van der Waals surface area contributed by atoms with Crippen LogP contribution in [0.2, 0.25) is 5.15 Å². The van der Waals surface area contributed by atoms with Crippen molar-refractivity contribution in [3.05, 3.63) is 40.2 Å². The van der Waals surface area contributed by atoms with Crippen molar-refractivity contribution in [2.75, 3.05) is 11.1 Å². The van der Waals surface area contributed by atoms with Crippen LogP contribution in [0.25, 0.3) is 0 Å². The molecule has 2 heterocycles. The number of anilines is 3. The molecule has 2 aromatic rings. The van der Waals surface area contributed by atoms with E-state index in [0.717, 1.165) is 0 Å². The van der Waals surface area contributed by atoms with E-state index in [9.17, 15) is 4.79 Å². The van der Waals surface area contributed by atoms with E-state index < -0.39 is 0 Å². The first-order valence-corrected chi connectivity index (χ1v) is 5.15. The van der Waals surface area contributed by atoms with Crippen molar-refractivity contribution in [3.63, 3.8) is 0 Å². The quantitative estimate of drug-likeness (QED) is 0.782. The number of nitrogen functional groups attached to an aromatic ring is 1. The molecule has 88 valence electrons. The zero-order valence-corrected chi connectivity index (χ0v) is 9.77. The molecule has 0 aliphatic heterocycles. The molecule has 0 saturated carbocycles. The van der Waals surface area contributed by atoms with Gasteiger partial charge in [-0.25, -0.2) is 9.97 Å². The first-order valence-electron chi connectivity index (χ1n) is 4.77. The number of hydrogen-bond donors (Lipinski definition) is 2. The van der Waals surface area contributed by atoms with Crippen LogP contribution in [-0.2, 0) is 7.05 Å². The van der Waals surface area contributed by atoms with E-state index in [4.69, 9.17) is 17.3 Å². The molecule has 0 unspecified atom stereocenters. The molecular formula is C10H10ClN5O. The second-order valence-electron chi connectivity index (χ2n) is 3.42. The summed E-state index contributed by atoms with van der Waals surface area (Å²) in [5, 5.41) is 3.15. The summed E-state index contributed by atoms with van der Waals surface area (Å²) in [5.74, 6) is 0.406. The van der Waals surface area contributed by atoms with E-state index in [-0.39, 0.29) is 16.4 Å². The fourth-order valence-corrected chi connectivity index (χ4v) is 1.41. The highest BCUT2D eigenvalue weighted by Crippen LogP contribution is 2.24. The monoisotopic (exact) mass is 251 g/mol. The predicted octanol–water partition coefficient (Wildman–Crippen LogP) is 1.15. The van der Waals surface area contributed by atoms with E-state index >= 15 is 0 Å². The van der Waals surface area contributed by atoms with Crippen LogP contribution in [-0.4, -0.2) is 14.5 Å². The largest absolute Gasteiger partial charge is 0.393 e. The Hall–Kier alpha value is -2.08. The number of rotatable bonds is 2. The molecule has 0 saturated heterocycles. The third-order valence-electron chi connectivity index (χ3n) is 2.18. The second-order valence-corrected chi connectivity index (χ2v) is 3.78. The molecule has 2 aromatic heterocycles. The van der Waals surface area contributed by atoms with Crippen molar-refractivity contribution in [1.29, 1.82) is 0 Å². The van der Waals surface area contributed by atoms with Gasteiger partial charge in [-0.3, -0.25) is 4.79 Å². The van der Waals surface area contributed by atoms with Crippen molar-refractivity contribution in [3.8, 4) is 0 Å². The van der Waals surface area contributed by atoms with Gasteiger partial charge in [0.05, 0.1) is 5.69 Å². The first kappa shape index (κ1) is 11.4. The van der Waals surface area contributed by atoms with E-state index in [1.54, 1.807) is 19.3 Å². The van der Waals surface area contributed by atoms with Gasteiger partial charge in [-0.2, -0.15) is 0 Å². The summed E-state index contributed by atoms with van der Waals surface area (Å²) in [6, 6.07) is 3.08. The van der Waals surface area contributed by atoms with Crippen molar-refractivity contribution in [2.24, 2.45) is 7.05 Å². The Labute approximate surface area is 102 Å². The van der Waals surface area contributed by atoms with Gasteiger partial charge in [-0.15, -0.1) is 0 Å². The number of aryl methyl sites for hydroxylation is 1. The highest BCUT2D eigenvalue weighted by atomic mass is 35.5. The Morgan fingerprint density at radius 3 is 2.88 bits per heavy atom. The predicted molar refractivity (Wildman–Crippen MR) is 66.4 cm³/mol. The number of pyridine rings is 1. The molecule has 0 fully saturated rings. The molecular weight excluding hydrogens is 242 g/mol. The molecule has 2 rings (SSSR count). The Bertz CT molecular complexity index is 610. The van der Waals surface area contributed by atoms with E-state index in [2.05, 4.69) is 15.3 Å². The summed E-state index contributed by atoms with van der Waals surface area (Å²) in [4.78, 5) is 18.9. The number of nitrogens with zero attached hydrogens (tertiary/aromatic N) is 3. The molecule has 0 bridgehead atoms. The van der Waals surface area contributed by atoms with Crippen LogP contribution < -0.4 is 16.6 Å². The van der Waals surface area contributed by atoms with Crippen molar-refractivity contribution >= 4 is 28.8 Å². The molecule has 0 amide bonds. The fourth-order valence-electron chi connectivity index (χ4n) is 1.28. The number of aromatic nitrogens is 3. The maximum Gasteiger partial charge on any atom is 0.250 e. The van der Waals surface area contributed by atoms with Crippen LogP contribution in [0.15, 0.2) is 29.5 Å². The molecule has 0 radical (unpaired) electrons. The minimum absolute atomic E-state index is 0.0933. The van der Waals surface area contributed by atoms with Crippen LogP contribution in [0, 0.1) is 0 Å². The fraction of sp³-hybridized carbons (Fsp3) is 0.100. The minimum atomic E-state index is -0.0933. The second kappa shape index (κ2) is 4.42. The Balaban J connectivity index is 2.35. The van der Waals surface area contributed by atoms with Gasteiger partial charge in [0.15, 0.2) is 11.0 Å². The van der Waals surface area contributed by atoms with Crippen LogP contribution in [0.1, 0.15) is 0 Å². The number of halogens is 1. The number of nitrogens with one attached hydrogen (secondary N) is 1. The number of hydrogen-bond acceptors (Lipinski definition) is 5. The van der Waals surface area contributed by atoms with E-state index in [0.29, 0.717) is 11.5 Å².